The molecule has 0 aliphatic heterocycles. The first-order valence-electron chi connectivity index (χ1n) is 3.01. The van der Waals surface area contributed by atoms with Crippen molar-refractivity contribution in [2.45, 2.75) is 6.92 Å². The van der Waals surface area contributed by atoms with E-state index < -0.39 is 10.9 Å². The van der Waals surface area contributed by atoms with Crippen LogP contribution in [0.25, 0.3) is 0 Å². The largest absolute Gasteiger partial charge is 0.426 e. The molecular weight excluding hydrogens is 182 g/mol. The van der Waals surface area contributed by atoms with Crippen LogP contribution in [0.5, 0.6) is 5.75 Å². The zero-order valence-corrected chi connectivity index (χ0v) is 6.96. The second kappa shape index (κ2) is 3.31. The summed E-state index contributed by atoms with van der Waals surface area (Å²) >= 11 is 0.923. The number of nitro groups is 1. The van der Waals surface area contributed by atoms with Crippen LogP contribution in [0.4, 0.5) is 5.00 Å². The van der Waals surface area contributed by atoms with E-state index in [1.54, 1.807) is 0 Å². The molecule has 0 atom stereocenters. The third-order valence-corrected chi connectivity index (χ3v) is 1.86. The normalized spacial score (nSPS) is 9.42. The lowest BCUT2D eigenvalue weighted by Crippen LogP contribution is -1.99. The molecule has 0 amide bonds. The molecule has 12 heavy (non-hydrogen) atoms. The summed E-state index contributed by atoms with van der Waals surface area (Å²) in [6.07, 6.45) is 0. The standard InChI is InChI=1S/C6H5NO4S/c1-4(8)11-5-2-6(7(9)10)12-3-5/h2-3H,1H3. The molecule has 0 fully saturated rings. The monoisotopic (exact) mass is 187 g/mol. The Balaban J connectivity index is 2.77. The van der Waals surface area contributed by atoms with Crippen LogP contribution in [0.3, 0.4) is 0 Å². The fourth-order valence-electron chi connectivity index (χ4n) is 0.623. The van der Waals surface area contributed by atoms with Crippen LogP contribution in [0.2, 0.25) is 0 Å². The molecule has 1 aromatic heterocycles. The van der Waals surface area contributed by atoms with Crippen LogP contribution in [-0.2, 0) is 4.79 Å². The highest BCUT2D eigenvalue weighted by atomic mass is 32.1. The molecule has 0 spiro atoms. The molecule has 0 radical (unpaired) electrons. The van der Waals surface area contributed by atoms with Crippen LogP contribution < -0.4 is 4.74 Å². The summed E-state index contributed by atoms with van der Waals surface area (Å²) in [5.74, 6) is -0.262. The first kappa shape index (κ1) is 8.66. The van der Waals surface area contributed by atoms with Crippen molar-refractivity contribution in [1.29, 1.82) is 0 Å². The number of ether oxygens (including phenoxy) is 1. The Morgan fingerprint density at radius 2 is 2.42 bits per heavy atom. The van der Waals surface area contributed by atoms with Gasteiger partial charge < -0.3 is 4.74 Å². The molecule has 0 aliphatic rings. The van der Waals surface area contributed by atoms with Gasteiger partial charge in [0.15, 0.2) is 0 Å². The molecule has 64 valence electrons. The van der Waals surface area contributed by atoms with E-state index in [-0.39, 0.29) is 10.8 Å². The lowest BCUT2D eigenvalue weighted by molar-refractivity contribution is -0.380. The SMILES string of the molecule is CC(=O)Oc1csc([N+](=O)[O-])c1. The molecule has 0 saturated heterocycles. The van der Waals surface area contributed by atoms with Gasteiger partial charge in [-0.3, -0.25) is 14.9 Å². The molecule has 5 nitrogen and oxygen atoms in total. The number of hydrogen-bond acceptors (Lipinski definition) is 5. The van der Waals surface area contributed by atoms with Gasteiger partial charge in [-0.25, -0.2) is 0 Å². The van der Waals surface area contributed by atoms with Gasteiger partial charge in [0.25, 0.3) is 0 Å². The van der Waals surface area contributed by atoms with E-state index in [0.717, 1.165) is 11.3 Å². The minimum absolute atomic E-state index is 0.0359. The summed E-state index contributed by atoms with van der Waals surface area (Å²) < 4.78 is 4.61. The second-order valence-electron chi connectivity index (χ2n) is 1.97. The first-order chi connectivity index (χ1) is 5.59. The maximum atomic E-state index is 10.4. The van der Waals surface area contributed by atoms with Crippen molar-refractivity contribution in [3.05, 3.63) is 21.6 Å². The first-order valence-corrected chi connectivity index (χ1v) is 3.89. The summed E-state index contributed by atoms with van der Waals surface area (Å²) in [4.78, 5) is 20.1. The molecule has 0 bridgehead atoms. The third kappa shape index (κ3) is 2.03. The van der Waals surface area contributed by atoms with E-state index in [2.05, 4.69) is 4.74 Å². The molecule has 0 N–H and O–H groups in total. The summed E-state index contributed by atoms with van der Waals surface area (Å²) in [5, 5.41) is 11.6. The quantitative estimate of drug-likeness (QED) is 0.400. The van der Waals surface area contributed by atoms with Gasteiger partial charge in [0, 0.05) is 12.3 Å². The van der Waals surface area contributed by atoms with Crippen molar-refractivity contribution < 1.29 is 14.5 Å². The smallest absolute Gasteiger partial charge is 0.327 e. The molecule has 1 rings (SSSR count). The van der Waals surface area contributed by atoms with Crippen molar-refractivity contribution >= 4 is 22.3 Å². The van der Waals surface area contributed by atoms with Crippen LogP contribution in [-0.4, -0.2) is 10.9 Å². The molecule has 0 aromatic carbocycles. The van der Waals surface area contributed by atoms with Crippen molar-refractivity contribution in [3.8, 4) is 5.75 Å². The van der Waals surface area contributed by atoms with Crippen LogP contribution >= 0.6 is 11.3 Å². The summed E-state index contributed by atoms with van der Waals surface area (Å²) in [6, 6.07) is 1.21. The van der Waals surface area contributed by atoms with Gasteiger partial charge in [-0.15, -0.1) is 0 Å². The van der Waals surface area contributed by atoms with Gasteiger partial charge in [-0.2, -0.15) is 0 Å². The lowest BCUT2D eigenvalue weighted by Gasteiger charge is -1.92. The summed E-state index contributed by atoms with van der Waals surface area (Å²) in [6.45, 7) is 1.24. The van der Waals surface area contributed by atoms with E-state index in [0.29, 0.717) is 0 Å². The Bertz CT molecular complexity index is 319. The van der Waals surface area contributed by atoms with E-state index in [1.165, 1.54) is 18.4 Å². The average molecular weight is 187 g/mol. The van der Waals surface area contributed by atoms with Gasteiger partial charge in [0.05, 0.1) is 11.0 Å². The molecule has 1 aromatic rings. The molecular formula is C6H5NO4S. The third-order valence-electron chi connectivity index (χ3n) is 1.00. The Morgan fingerprint density at radius 1 is 1.75 bits per heavy atom. The predicted molar refractivity (Wildman–Crippen MR) is 42.3 cm³/mol. The van der Waals surface area contributed by atoms with Crippen molar-refractivity contribution in [1.82, 2.24) is 0 Å². The number of carbonyl (C=O) groups is 1. The average Bonchev–Trinajstić information content (AvgIpc) is 2.34. The van der Waals surface area contributed by atoms with Crippen molar-refractivity contribution in [2.24, 2.45) is 0 Å². The molecule has 1 heterocycles. The number of hydrogen-bond donors (Lipinski definition) is 0. The zero-order chi connectivity index (χ0) is 9.14. The molecule has 0 aliphatic carbocycles. The van der Waals surface area contributed by atoms with E-state index in [9.17, 15) is 14.9 Å². The Morgan fingerprint density at radius 3 is 2.83 bits per heavy atom. The fraction of sp³-hybridized carbons (Fsp3) is 0.167. The highest BCUT2D eigenvalue weighted by Crippen LogP contribution is 2.27. The topological polar surface area (TPSA) is 69.4 Å². The summed E-state index contributed by atoms with van der Waals surface area (Å²) in [5.41, 5.74) is 0. The van der Waals surface area contributed by atoms with Crippen molar-refractivity contribution in [3.63, 3.8) is 0 Å². The molecule has 6 heteroatoms. The van der Waals surface area contributed by atoms with E-state index in [4.69, 9.17) is 0 Å². The van der Waals surface area contributed by atoms with E-state index >= 15 is 0 Å². The Hall–Kier alpha value is -1.43. The number of nitrogens with zero attached hydrogens (tertiary/aromatic N) is 1. The summed E-state index contributed by atoms with van der Waals surface area (Å²) in [7, 11) is 0. The predicted octanol–water partition coefficient (Wildman–Crippen LogP) is 1.58. The van der Waals surface area contributed by atoms with E-state index in [1.807, 2.05) is 0 Å². The fourth-order valence-corrected chi connectivity index (χ4v) is 1.25. The number of thiophene rings is 1. The maximum Gasteiger partial charge on any atom is 0.327 e. The van der Waals surface area contributed by atoms with Gasteiger partial charge in [0.1, 0.15) is 5.75 Å². The lowest BCUT2D eigenvalue weighted by atomic mass is 10.5. The van der Waals surface area contributed by atoms with Gasteiger partial charge >= 0.3 is 11.0 Å². The van der Waals surface area contributed by atoms with Gasteiger partial charge in [-0.1, -0.05) is 11.3 Å². The van der Waals surface area contributed by atoms with Gasteiger partial charge in [0.2, 0.25) is 0 Å². The zero-order valence-electron chi connectivity index (χ0n) is 6.14. The maximum absolute atomic E-state index is 10.4. The number of carbonyl (C=O) groups excluding carboxylic acids is 1. The van der Waals surface area contributed by atoms with Gasteiger partial charge in [-0.05, 0) is 0 Å². The number of esters is 1. The van der Waals surface area contributed by atoms with Crippen molar-refractivity contribution in [2.75, 3.05) is 0 Å². The molecule has 0 unspecified atom stereocenters. The number of rotatable bonds is 2. The Labute approximate surface area is 71.7 Å². The second-order valence-corrected chi connectivity index (χ2v) is 2.86. The highest BCUT2D eigenvalue weighted by Gasteiger charge is 2.10. The minimum atomic E-state index is -0.530. The minimum Gasteiger partial charge on any atom is -0.426 e. The highest BCUT2D eigenvalue weighted by molar-refractivity contribution is 7.13. The Kier molecular flexibility index (Phi) is 2.39. The van der Waals surface area contributed by atoms with Crippen LogP contribution in [0.1, 0.15) is 6.92 Å². The van der Waals surface area contributed by atoms with Crippen LogP contribution in [0, 0.1) is 10.1 Å². The van der Waals surface area contributed by atoms with Crippen LogP contribution in [0.15, 0.2) is 11.4 Å². The molecule has 0 saturated carbocycles.